The van der Waals surface area contributed by atoms with Crippen LogP contribution in [-0.4, -0.2) is 5.78 Å². The van der Waals surface area contributed by atoms with Crippen LogP contribution in [0.4, 0.5) is 0 Å². The number of hydrogen-bond donors (Lipinski definition) is 0. The fourth-order valence-electron chi connectivity index (χ4n) is 0.975. The van der Waals surface area contributed by atoms with Gasteiger partial charge in [0.15, 0.2) is 0 Å². The molecule has 0 spiro atoms. The van der Waals surface area contributed by atoms with Crippen molar-refractivity contribution in [1.82, 2.24) is 0 Å². The molecule has 0 amide bonds. The third kappa shape index (κ3) is 2.38. The number of Topliss-reactive ketones (excluding diaryl/α,β-unsaturated/α-hetero) is 1. The Morgan fingerprint density at radius 2 is 2.08 bits per heavy atom. The molecular formula is C10H11AtO. The third-order valence-electron chi connectivity index (χ3n) is 1.63. The van der Waals surface area contributed by atoms with Gasteiger partial charge in [0, 0.05) is 0 Å². The maximum absolute atomic E-state index is 11.5. The summed E-state index contributed by atoms with van der Waals surface area (Å²) in [4.78, 5) is 11.5. The summed E-state index contributed by atoms with van der Waals surface area (Å²) in [6, 6.07) is 7.79. The maximum atomic E-state index is 11.5. The van der Waals surface area contributed by atoms with Gasteiger partial charge < -0.3 is 0 Å². The van der Waals surface area contributed by atoms with Crippen LogP contribution in [0.25, 0.3) is 0 Å². The first kappa shape index (κ1) is 9.86. The van der Waals surface area contributed by atoms with Crippen LogP contribution in [0.5, 0.6) is 0 Å². The minimum absolute atomic E-state index is 0.0958. The van der Waals surface area contributed by atoms with Gasteiger partial charge in [0.05, 0.1) is 0 Å². The van der Waals surface area contributed by atoms with Crippen LogP contribution in [0.1, 0.15) is 24.2 Å². The first-order valence-electron chi connectivity index (χ1n) is 3.91. The predicted octanol–water partition coefficient (Wildman–Crippen LogP) is 1.70. The second kappa shape index (κ2) is 4.14. The van der Waals surface area contributed by atoms with Crippen LogP contribution in [0.15, 0.2) is 24.3 Å². The van der Waals surface area contributed by atoms with Crippen molar-refractivity contribution < 1.29 is 29.5 Å². The van der Waals surface area contributed by atoms with Crippen molar-refractivity contribution in [3.05, 3.63) is 29.8 Å². The van der Waals surface area contributed by atoms with E-state index < -0.39 is 0 Å². The summed E-state index contributed by atoms with van der Waals surface area (Å²) in [5, 5.41) is 0. The van der Waals surface area contributed by atoms with Crippen molar-refractivity contribution in [2.45, 2.75) is 13.8 Å². The molecule has 1 aromatic carbocycles. The number of hydrogen-bond acceptors (Lipinski definition) is 1. The van der Waals surface area contributed by atoms with Crippen molar-refractivity contribution in [2.24, 2.45) is 5.92 Å². The summed E-state index contributed by atoms with van der Waals surface area (Å²) in [5.74, 6) is 0.326. The molecular weight excluding hydrogens is 346 g/mol. The zero-order valence-corrected chi connectivity index (χ0v) is 10.1. The summed E-state index contributed by atoms with van der Waals surface area (Å²) in [7, 11) is 0. The molecule has 0 bridgehead atoms. The second-order valence-corrected chi connectivity index (χ2v) is 4.73. The van der Waals surface area contributed by atoms with E-state index in [0.29, 0.717) is 0 Å². The molecule has 2 heteroatoms. The molecule has 0 aliphatic carbocycles. The zero-order chi connectivity index (χ0) is 9.14. The molecule has 0 aliphatic heterocycles. The molecule has 12 heavy (non-hydrogen) atoms. The average Bonchev–Trinajstić information content (AvgIpc) is 2.03. The van der Waals surface area contributed by atoms with E-state index in [4.69, 9.17) is 0 Å². The summed E-state index contributed by atoms with van der Waals surface area (Å²) in [6.45, 7) is 3.85. The Labute approximate surface area is 88.0 Å². The van der Waals surface area contributed by atoms with Gasteiger partial charge in [-0.2, -0.15) is 0 Å². The Morgan fingerprint density at radius 3 is 2.58 bits per heavy atom. The number of benzene rings is 1. The molecule has 0 aliphatic rings. The Morgan fingerprint density at radius 1 is 1.42 bits per heavy atom. The van der Waals surface area contributed by atoms with E-state index >= 15 is 0 Å². The number of carbonyl (C=O) groups is 1. The Kier molecular flexibility index (Phi) is 3.40. The van der Waals surface area contributed by atoms with Gasteiger partial charge in [-0.3, -0.25) is 0 Å². The monoisotopic (exact) mass is 357 g/mol. The van der Waals surface area contributed by atoms with E-state index in [9.17, 15) is 4.79 Å². The Hall–Kier alpha value is -0.227. The third-order valence-corrected chi connectivity index (χ3v) is 2.55. The van der Waals surface area contributed by atoms with Gasteiger partial charge in [-0.1, -0.05) is 0 Å². The molecule has 0 saturated heterocycles. The molecule has 0 fully saturated rings. The van der Waals surface area contributed by atoms with E-state index in [2.05, 4.69) is 0 Å². The van der Waals surface area contributed by atoms with E-state index in [1.807, 2.05) is 38.1 Å². The van der Waals surface area contributed by atoms with Gasteiger partial charge in [-0.25, -0.2) is 0 Å². The number of carbonyl (C=O) groups excluding carboxylic acids is 1. The van der Waals surface area contributed by atoms with Gasteiger partial charge in [-0.15, -0.1) is 0 Å². The van der Waals surface area contributed by atoms with Crippen LogP contribution in [0, 0.1) is 30.6 Å². The summed E-state index contributed by atoms with van der Waals surface area (Å²) in [5.41, 5.74) is 0.838. The molecule has 0 heterocycles. The van der Waals surface area contributed by atoms with Gasteiger partial charge >= 0.3 is 88.2 Å². The molecule has 1 aromatic rings. The van der Waals surface area contributed by atoms with Gasteiger partial charge in [-0.05, 0) is 0 Å². The van der Waals surface area contributed by atoms with Crippen LogP contribution in [0.2, 0.25) is 0 Å². The fraction of sp³-hybridized carbons (Fsp3) is 0.300. The fourth-order valence-corrected chi connectivity index (χ4v) is 1.71. The van der Waals surface area contributed by atoms with Crippen LogP contribution in [0.3, 0.4) is 0 Å². The molecule has 0 N–H and O–H groups in total. The zero-order valence-electron chi connectivity index (χ0n) is 7.17. The van der Waals surface area contributed by atoms with Crippen LogP contribution < -0.4 is 3.27 Å². The van der Waals surface area contributed by atoms with Crippen molar-refractivity contribution in [3.63, 3.8) is 0 Å². The molecule has 0 saturated carbocycles. The quantitative estimate of drug-likeness (QED) is 0.737. The molecule has 0 unspecified atom stereocenters. The van der Waals surface area contributed by atoms with Crippen molar-refractivity contribution in [1.29, 1.82) is 0 Å². The van der Waals surface area contributed by atoms with Crippen molar-refractivity contribution in [3.8, 4) is 0 Å². The van der Waals surface area contributed by atoms with Crippen molar-refractivity contribution in [2.75, 3.05) is 0 Å². The van der Waals surface area contributed by atoms with E-state index in [1.165, 1.54) is 3.27 Å². The topological polar surface area (TPSA) is 17.1 Å². The predicted molar refractivity (Wildman–Crippen MR) is 45.2 cm³/mol. The van der Waals surface area contributed by atoms with Crippen molar-refractivity contribution >= 4 is 9.05 Å². The Bertz CT molecular complexity index is 292. The number of ketones is 1. The van der Waals surface area contributed by atoms with Gasteiger partial charge in [0.1, 0.15) is 0 Å². The van der Waals surface area contributed by atoms with Crippen LogP contribution in [-0.2, 0) is 0 Å². The Balaban J connectivity index is 2.96. The molecule has 0 aromatic heterocycles. The standard InChI is InChI=1S/C10H11AtO/c1-7(2)10(12)8-4-3-5-9(11)6-8/h3-7H,1-2H3. The normalized spacial score (nSPS) is 10.3. The molecule has 1 rings (SSSR count). The minimum atomic E-state index is 0.0958. The summed E-state index contributed by atoms with van der Waals surface area (Å²) < 4.78 is 1.20. The summed E-state index contributed by atoms with van der Waals surface area (Å²) >= 11 is 1.60. The van der Waals surface area contributed by atoms with E-state index in [1.54, 1.807) is 24.7 Å². The van der Waals surface area contributed by atoms with Crippen LogP contribution >= 0.6 is 0 Å². The molecule has 0 radical (unpaired) electrons. The molecule has 64 valence electrons. The first-order valence-corrected chi connectivity index (χ1v) is 5.38. The number of rotatable bonds is 2. The van der Waals surface area contributed by atoms with E-state index in [-0.39, 0.29) is 11.7 Å². The molecule has 0 atom stereocenters. The van der Waals surface area contributed by atoms with Gasteiger partial charge in [0.25, 0.3) is 0 Å². The second-order valence-electron chi connectivity index (χ2n) is 3.03. The SMILES string of the molecule is CC(C)C(=O)c1cccc([At])c1. The average molecular weight is 357 g/mol. The van der Waals surface area contributed by atoms with E-state index in [0.717, 1.165) is 5.56 Å². The first-order chi connectivity index (χ1) is 5.61. The van der Waals surface area contributed by atoms with Gasteiger partial charge in [0.2, 0.25) is 0 Å². The summed E-state index contributed by atoms with van der Waals surface area (Å²) in [6.07, 6.45) is 0. The molecule has 1 nitrogen and oxygen atoms in total.